The summed E-state index contributed by atoms with van der Waals surface area (Å²) < 4.78 is 0. The van der Waals surface area contributed by atoms with E-state index in [0.29, 0.717) is 11.7 Å². The first-order valence-corrected chi connectivity index (χ1v) is 8.97. The second kappa shape index (κ2) is 6.46. The maximum atomic E-state index is 12.7. The van der Waals surface area contributed by atoms with Crippen molar-refractivity contribution < 1.29 is 14.7 Å². The van der Waals surface area contributed by atoms with Gasteiger partial charge in [-0.2, -0.15) is 0 Å². The number of thioether (sulfide) groups is 1. The third-order valence-corrected chi connectivity index (χ3v) is 6.44. The van der Waals surface area contributed by atoms with Crippen LogP contribution in [0.4, 0.5) is 4.79 Å². The predicted molar refractivity (Wildman–Crippen MR) is 84.4 cm³/mol. The zero-order valence-electron chi connectivity index (χ0n) is 13.1. The average Bonchev–Trinajstić information content (AvgIpc) is 3.22. The summed E-state index contributed by atoms with van der Waals surface area (Å²) in [6.45, 7) is 6.21. The summed E-state index contributed by atoms with van der Waals surface area (Å²) in [6.07, 6.45) is 4.79. The number of carboxylic acids is 1. The van der Waals surface area contributed by atoms with Crippen LogP contribution in [0.15, 0.2) is 0 Å². The van der Waals surface area contributed by atoms with Crippen LogP contribution in [0.2, 0.25) is 0 Å². The highest BCUT2D eigenvalue weighted by Gasteiger charge is 2.48. The molecule has 5 nitrogen and oxygen atoms in total. The molecule has 2 atom stereocenters. The first kappa shape index (κ1) is 16.5. The number of carbonyl (C=O) groups is 2. The van der Waals surface area contributed by atoms with Crippen molar-refractivity contribution in [3.8, 4) is 0 Å². The molecular formula is C15H26N2O3S. The van der Waals surface area contributed by atoms with Crippen molar-refractivity contribution in [1.82, 2.24) is 10.2 Å². The first-order valence-electron chi connectivity index (χ1n) is 7.92. The molecule has 1 aliphatic carbocycles. The highest BCUT2D eigenvalue weighted by atomic mass is 32.2. The van der Waals surface area contributed by atoms with Gasteiger partial charge in [0.2, 0.25) is 0 Å². The molecular weight excluding hydrogens is 288 g/mol. The van der Waals surface area contributed by atoms with Gasteiger partial charge in [-0.15, -0.1) is 11.8 Å². The normalized spacial score (nSPS) is 26.0. The average molecular weight is 314 g/mol. The smallest absolute Gasteiger partial charge is 0.327 e. The number of hydrogen-bond acceptors (Lipinski definition) is 3. The minimum atomic E-state index is -0.893. The summed E-state index contributed by atoms with van der Waals surface area (Å²) >= 11 is 1.62. The lowest BCUT2D eigenvalue weighted by atomic mass is 9.90. The van der Waals surface area contributed by atoms with Crippen LogP contribution in [-0.2, 0) is 4.79 Å². The molecule has 0 bridgehead atoms. The van der Waals surface area contributed by atoms with Crippen LogP contribution in [0.1, 0.15) is 52.9 Å². The fourth-order valence-electron chi connectivity index (χ4n) is 3.03. The first-order chi connectivity index (χ1) is 9.98. The Kier molecular flexibility index (Phi) is 5.07. The van der Waals surface area contributed by atoms with Gasteiger partial charge in [-0.3, -0.25) is 4.90 Å². The standard InChI is InChI=1S/C15H26N2O3S/c1-4-15(5-2,6-3)16-14(20)17-11(13(18)19)9-21-12(17)10-7-8-10/h10-12H,4-9H2,1-3H3,(H,16,20)(H,18,19). The molecule has 6 heteroatoms. The molecule has 1 saturated carbocycles. The van der Waals surface area contributed by atoms with Crippen molar-refractivity contribution in [1.29, 1.82) is 0 Å². The largest absolute Gasteiger partial charge is 0.480 e. The minimum Gasteiger partial charge on any atom is -0.480 e. The van der Waals surface area contributed by atoms with Gasteiger partial charge in [0.05, 0.1) is 5.37 Å². The van der Waals surface area contributed by atoms with Crippen molar-refractivity contribution in [2.45, 2.75) is 69.8 Å². The summed E-state index contributed by atoms with van der Waals surface area (Å²) in [7, 11) is 0. The summed E-state index contributed by atoms with van der Waals surface area (Å²) in [6, 6.07) is -0.890. The van der Waals surface area contributed by atoms with Crippen molar-refractivity contribution >= 4 is 23.8 Å². The Labute approximate surface area is 130 Å². The summed E-state index contributed by atoms with van der Waals surface area (Å²) in [5.74, 6) is 0.0849. The molecule has 2 unspecified atom stereocenters. The summed E-state index contributed by atoms with van der Waals surface area (Å²) in [5, 5.41) is 12.6. The van der Waals surface area contributed by atoms with Crippen molar-refractivity contribution in [3.05, 3.63) is 0 Å². The van der Waals surface area contributed by atoms with E-state index in [9.17, 15) is 14.7 Å². The van der Waals surface area contributed by atoms with E-state index in [1.165, 1.54) is 0 Å². The number of nitrogens with zero attached hydrogens (tertiary/aromatic N) is 1. The lowest BCUT2D eigenvalue weighted by molar-refractivity contribution is -0.141. The number of nitrogens with one attached hydrogen (secondary N) is 1. The second-order valence-corrected chi connectivity index (χ2v) is 7.24. The minimum absolute atomic E-state index is 0.0365. The molecule has 1 saturated heterocycles. The molecule has 0 aromatic rings. The molecule has 0 aromatic carbocycles. The summed E-state index contributed by atoms with van der Waals surface area (Å²) in [4.78, 5) is 25.8. The number of amides is 2. The monoisotopic (exact) mass is 314 g/mol. The van der Waals surface area contributed by atoms with E-state index in [-0.39, 0.29) is 16.9 Å². The molecule has 2 amide bonds. The van der Waals surface area contributed by atoms with Crippen LogP contribution in [0.5, 0.6) is 0 Å². The van der Waals surface area contributed by atoms with Gasteiger partial charge in [0.15, 0.2) is 0 Å². The van der Waals surface area contributed by atoms with Crippen molar-refractivity contribution in [2.75, 3.05) is 5.75 Å². The number of aliphatic carboxylic acids is 1. The van der Waals surface area contributed by atoms with Gasteiger partial charge >= 0.3 is 12.0 Å². The predicted octanol–water partition coefficient (Wildman–Crippen LogP) is 2.90. The molecule has 1 heterocycles. The van der Waals surface area contributed by atoms with Crippen molar-refractivity contribution in [2.24, 2.45) is 5.92 Å². The van der Waals surface area contributed by atoms with Crippen LogP contribution in [0, 0.1) is 5.92 Å². The fourth-order valence-corrected chi connectivity index (χ4v) is 4.66. The van der Waals surface area contributed by atoms with E-state index in [1.807, 2.05) is 0 Å². The van der Waals surface area contributed by atoms with Gasteiger partial charge in [0, 0.05) is 11.3 Å². The van der Waals surface area contributed by atoms with Crippen molar-refractivity contribution in [3.63, 3.8) is 0 Å². The Balaban J connectivity index is 2.14. The number of urea groups is 1. The Morgan fingerprint density at radius 2 is 1.81 bits per heavy atom. The van der Waals surface area contributed by atoms with Crippen LogP contribution < -0.4 is 5.32 Å². The van der Waals surface area contributed by atoms with E-state index in [4.69, 9.17) is 0 Å². The highest BCUT2D eigenvalue weighted by molar-refractivity contribution is 8.00. The zero-order valence-corrected chi connectivity index (χ0v) is 13.9. The molecule has 2 rings (SSSR count). The van der Waals surface area contributed by atoms with Gasteiger partial charge in [0.25, 0.3) is 0 Å². The zero-order chi connectivity index (χ0) is 15.6. The summed E-state index contributed by atoms with van der Waals surface area (Å²) in [5.41, 5.74) is -0.221. The molecule has 2 fully saturated rings. The van der Waals surface area contributed by atoms with E-state index < -0.39 is 12.0 Å². The second-order valence-electron chi connectivity index (χ2n) is 6.09. The molecule has 1 aliphatic heterocycles. The van der Waals surface area contributed by atoms with Crippen LogP contribution in [-0.4, -0.2) is 44.7 Å². The molecule has 0 spiro atoms. The number of rotatable bonds is 6. The third-order valence-electron chi connectivity index (χ3n) is 4.98. The van der Waals surface area contributed by atoms with E-state index in [1.54, 1.807) is 16.7 Å². The topological polar surface area (TPSA) is 69.6 Å². The lowest BCUT2D eigenvalue weighted by Gasteiger charge is -2.36. The molecule has 2 aliphatic rings. The Bertz CT molecular complexity index is 399. The molecule has 0 aromatic heterocycles. The Morgan fingerprint density at radius 1 is 1.24 bits per heavy atom. The maximum absolute atomic E-state index is 12.7. The lowest BCUT2D eigenvalue weighted by Crippen LogP contribution is -2.57. The van der Waals surface area contributed by atoms with E-state index >= 15 is 0 Å². The van der Waals surface area contributed by atoms with E-state index in [2.05, 4.69) is 26.1 Å². The highest BCUT2D eigenvalue weighted by Crippen LogP contribution is 2.45. The number of carboxylic acid groups (broad SMARTS) is 1. The van der Waals surface area contributed by atoms with Gasteiger partial charge in [0.1, 0.15) is 6.04 Å². The molecule has 2 N–H and O–H groups in total. The number of hydrogen-bond donors (Lipinski definition) is 2. The third kappa shape index (κ3) is 3.30. The van der Waals surface area contributed by atoms with Gasteiger partial charge < -0.3 is 10.4 Å². The van der Waals surface area contributed by atoms with Crippen LogP contribution in [0.3, 0.4) is 0 Å². The van der Waals surface area contributed by atoms with Crippen LogP contribution in [0.25, 0.3) is 0 Å². The molecule has 120 valence electrons. The van der Waals surface area contributed by atoms with E-state index in [0.717, 1.165) is 32.1 Å². The maximum Gasteiger partial charge on any atom is 0.327 e. The van der Waals surface area contributed by atoms with Gasteiger partial charge in [-0.25, -0.2) is 9.59 Å². The quantitative estimate of drug-likeness (QED) is 0.791. The number of carbonyl (C=O) groups excluding carboxylic acids is 1. The van der Waals surface area contributed by atoms with Gasteiger partial charge in [-0.1, -0.05) is 20.8 Å². The SMILES string of the molecule is CCC(CC)(CC)NC(=O)N1C(C(=O)O)CSC1C1CC1. The van der Waals surface area contributed by atoms with Gasteiger partial charge in [-0.05, 0) is 38.0 Å². The fraction of sp³-hybridized carbons (Fsp3) is 0.867. The Hall–Kier alpha value is -0.910. The van der Waals surface area contributed by atoms with Crippen LogP contribution >= 0.6 is 11.8 Å². The Morgan fingerprint density at radius 3 is 2.24 bits per heavy atom. The molecule has 0 radical (unpaired) electrons. The molecule has 21 heavy (non-hydrogen) atoms.